The second-order valence-electron chi connectivity index (χ2n) is 6.94. The van der Waals surface area contributed by atoms with Crippen molar-refractivity contribution >= 4 is 10.9 Å². The Morgan fingerprint density at radius 1 is 1.19 bits per heavy atom. The number of aromatic amines is 1. The predicted octanol–water partition coefficient (Wildman–Crippen LogP) is 4.20. The molecule has 1 N–H and O–H groups in total. The van der Waals surface area contributed by atoms with Crippen molar-refractivity contribution in [3.05, 3.63) is 47.2 Å². The molecule has 1 aliphatic carbocycles. The minimum atomic E-state index is 0.626. The van der Waals surface area contributed by atoms with Crippen LogP contribution in [0.15, 0.2) is 35.9 Å². The molecule has 1 aromatic carbocycles. The number of H-pyrrole nitrogens is 1. The Bertz CT molecular complexity index is 724. The fraction of sp³-hybridized carbons (Fsp3) is 0.474. The van der Waals surface area contributed by atoms with Crippen molar-refractivity contribution in [1.82, 2.24) is 9.88 Å². The highest BCUT2D eigenvalue weighted by Gasteiger charge is 2.37. The molecule has 2 heteroatoms. The molecule has 2 nitrogen and oxygen atoms in total. The highest BCUT2D eigenvalue weighted by molar-refractivity contribution is 5.85. The fourth-order valence-electron chi connectivity index (χ4n) is 4.80. The number of piperidine rings is 1. The van der Waals surface area contributed by atoms with Crippen molar-refractivity contribution in [2.45, 2.75) is 38.1 Å². The third-order valence-corrected chi connectivity index (χ3v) is 5.85. The Kier molecular flexibility index (Phi) is 2.57. The number of fused-ring (bicyclic) bond motifs is 6. The molecule has 108 valence electrons. The van der Waals surface area contributed by atoms with Gasteiger partial charge in [-0.2, -0.15) is 0 Å². The highest BCUT2D eigenvalue weighted by Crippen LogP contribution is 2.45. The van der Waals surface area contributed by atoms with Crippen molar-refractivity contribution < 1.29 is 0 Å². The molecule has 5 rings (SSSR count). The van der Waals surface area contributed by atoms with E-state index in [0.717, 1.165) is 5.92 Å². The number of aromatic nitrogens is 1. The summed E-state index contributed by atoms with van der Waals surface area (Å²) in [5, 5.41) is 1.46. The third kappa shape index (κ3) is 1.75. The van der Waals surface area contributed by atoms with Crippen LogP contribution in [0.5, 0.6) is 0 Å². The maximum absolute atomic E-state index is 3.75. The zero-order valence-corrected chi connectivity index (χ0v) is 12.4. The first-order valence-corrected chi connectivity index (χ1v) is 8.42. The summed E-state index contributed by atoms with van der Waals surface area (Å²) in [6.45, 7) is 2.44. The third-order valence-electron chi connectivity index (χ3n) is 5.85. The maximum atomic E-state index is 3.75. The number of rotatable bonds is 0. The Morgan fingerprint density at radius 3 is 3.14 bits per heavy atom. The summed E-state index contributed by atoms with van der Waals surface area (Å²) in [5.74, 6) is 0.845. The number of nitrogens with one attached hydrogen (secondary N) is 1. The van der Waals surface area contributed by atoms with E-state index < -0.39 is 0 Å². The molecular formula is C19H22N2. The zero-order chi connectivity index (χ0) is 13.8. The molecular weight excluding hydrogens is 256 g/mol. The number of allylic oxidation sites excluding steroid dienone is 1. The monoisotopic (exact) mass is 278 g/mol. The van der Waals surface area contributed by atoms with Gasteiger partial charge in [0.05, 0.1) is 6.04 Å². The second kappa shape index (κ2) is 4.48. The van der Waals surface area contributed by atoms with Crippen molar-refractivity contribution in [2.24, 2.45) is 5.92 Å². The van der Waals surface area contributed by atoms with Gasteiger partial charge in [0, 0.05) is 29.7 Å². The average molecular weight is 278 g/mol. The van der Waals surface area contributed by atoms with Gasteiger partial charge in [0.25, 0.3) is 0 Å². The van der Waals surface area contributed by atoms with Gasteiger partial charge in [0.15, 0.2) is 0 Å². The van der Waals surface area contributed by atoms with E-state index in [1.54, 1.807) is 11.1 Å². The van der Waals surface area contributed by atoms with Crippen LogP contribution in [0.4, 0.5) is 0 Å². The van der Waals surface area contributed by atoms with Crippen LogP contribution in [0.25, 0.3) is 10.9 Å². The Morgan fingerprint density at radius 2 is 2.14 bits per heavy atom. The fourth-order valence-corrected chi connectivity index (χ4v) is 4.80. The van der Waals surface area contributed by atoms with E-state index in [-0.39, 0.29) is 0 Å². The summed E-state index contributed by atoms with van der Waals surface area (Å²) in [6.07, 6.45) is 9.17. The van der Waals surface area contributed by atoms with Crippen molar-refractivity contribution in [1.29, 1.82) is 0 Å². The molecule has 2 aromatic rings. The Balaban J connectivity index is 1.60. The van der Waals surface area contributed by atoms with Crippen LogP contribution in [-0.4, -0.2) is 23.0 Å². The van der Waals surface area contributed by atoms with E-state index in [1.165, 1.54) is 61.8 Å². The molecule has 1 fully saturated rings. The van der Waals surface area contributed by atoms with Crippen LogP contribution < -0.4 is 0 Å². The summed E-state index contributed by atoms with van der Waals surface area (Å²) < 4.78 is 0. The van der Waals surface area contributed by atoms with E-state index in [2.05, 4.69) is 40.2 Å². The molecule has 0 unspecified atom stereocenters. The van der Waals surface area contributed by atoms with Crippen LogP contribution in [0.3, 0.4) is 0 Å². The van der Waals surface area contributed by atoms with E-state index in [9.17, 15) is 0 Å². The number of nitrogens with zero attached hydrogens (tertiary/aromatic N) is 1. The minimum absolute atomic E-state index is 0.626. The predicted molar refractivity (Wildman–Crippen MR) is 86.4 cm³/mol. The molecule has 0 amide bonds. The minimum Gasteiger partial charge on any atom is -0.357 e. The van der Waals surface area contributed by atoms with Crippen molar-refractivity contribution in [2.75, 3.05) is 13.1 Å². The summed E-state index contributed by atoms with van der Waals surface area (Å²) in [7, 11) is 0. The molecule has 0 spiro atoms. The maximum Gasteiger partial charge on any atom is 0.0510 e. The SMILES string of the molecule is C1=C2CN3CCc4c([nH]c5ccccc45)[C@H]3C[C@H]2CCC1. The highest BCUT2D eigenvalue weighted by atomic mass is 15.2. The molecule has 0 bridgehead atoms. The topological polar surface area (TPSA) is 19.0 Å². The first-order valence-electron chi connectivity index (χ1n) is 8.42. The lowest BCUT2D eigenvalue weighted by Gasteiger charge is -2.44. The van der Waals surface area contributed by atoms with Gasteiger partial charge in [-0.05, 0) is 49.7 Å². The smallest absolute Gasteiger partial charge is 0.0510 e. The first kappa shape index (κ1) is 12.0. The largest absolute Gasteiger partial charge is 0.357 e. The number of hydrogen-bond donors (Lipinski definition) is 1. The zero-order valence-electron chi connectivity index (χ0n) is 12.4. The van der Waals surface area contributed by atoms with E-state index in [0.29, 0.717) is 6.04 Å². The van der Waals surface area contributed by atoms with Gasteiger partial charge in [-0.1, -0.05) is 29.8 Å². The second-order valence-corrected chi connectivity index (χ2v) is 6.94. The molecule has 2 aliphatic heterocycles. The molecule has 3 heterocycles. The summed E-state index contributed by atoms with van der Waals surface area (Å²) >= 11 is 0. The van der Waals surface area contributed by atoms with Gasteiger partial charge >= 0.3 is 0 Å². The van der Waals surface area contributed by atoms with Crippen LogP contribution in [0.2, 0.25) is 0 Å². The van der Waals surface area contributed by atoms with Crippen molar-refractivity contribution in [3.63, 3.8) is 0 Å². The molecule has 1 saturated heterocycles. The van der Waals surface area contributed by atoms with Gasteiger partial charge in [0.1, 0.15) is 0 Å². The van der Waals surface area contributed by atoms with E-state index in [1.807, 2.05) is 0 Å². The lowest BCUT2D eigenvalue weighted by Crippen LogP contribution is -2.43. The number of hydrogen-bond acceptors (Lipinski definition) is 1. The van der Waals surface area contributed by atoms with Crippen molar-refractivity contribution in [3.8, 4) is 0 Å². The summed E-state index contributed by atoms with van der Waals surface area (Å²) in [4.78, 5) is 6.46. The average Bonchev–Trinajstić information content (AvgIpc) is 2.92. The van der Waals surface area contributed by atoms with E-state index in [4.69, 9.17) is 0 Å². The van der Waals surface area contributed by atoms with E-state index >= 15 is 0 Å². The van der Waals surface area contributed by atoms with Gasteiger partial charge in [-0.25, -0.2) is 0 Å². The van der Waals surface area contributed by atoms with Crippen LogP contribution in [0, 0.1) is 5.92 Å². The van der Waals surface area contributed by atoms with Crippen LogP contribution in [0.1, 0.15) is 43.0 Å². The molecule has 1 aromatic heterocycles. The Labute approximate surface area is 125 Å². The van der Waals surface area contributed by atoms with Gasteiger partial charge in [-0.15, -0.1) is 0 Å². The lowest BCUT2D eigenvalue weighted by atomic mass is 9.77. The molecule has 0 saturated carbocycles. The van der Waals surface area contributed by atoms with Gasteiger partial charge < -0.3 is 4.98 Å². The Hall–Kier alpha value is -1.54. The molecule has 2 atom stereocenters. The quantitative estimate of drug-likeness (QED) is 0.716. The van der Waals surface area contributed by atoms with Gasteiger partial charge in [0.2, 0.25) is 0 Å². The summed E-state index contributed by atoms with van der Waals surface area (Å²) in [5.41, 5.74) is 6.17. The number of benzene rings is 1. The summed E-state index contributed by atoms with van der Waals surface area (Å²) in [6, 6.07) is 9.46. The first-order chi connectivity index (χ1) is 10.4. The molecule has 0 radical (unpaired) electrons. The standard InChI is InChI=1S/C19H22N2/c1-2-6-14-12-21-10-9-16-15-7-3-4-8-17(15)20-19(16)18(21)11-13(14)5-1/h3-4,6-8,13,18,20H,1-2,5,9-12H2/t13-,18-/m1/s1. The lowest BCUT2D eigenvalue weighted by molar-refractivity contribution is 0.132. The van der Waals surface area contributed by atoms with Crippen LogP contribution >= 0.6 is 0 Å². The molecule has 3 aliphatic rings. The molecule has 21 heavy (non-hydrogen) atoms. The number of para-hydroxylation sites is 1. The van der Waals surface area contributed by atoms with Gasteiger partial charge in [-0.3, -0.25) is 4.90 Å². The van der Waals surface area contributed by atoms with Crippen LogP contribution in [-0.2, 0) is 6.42 Å². The normalized spacial score (nSPS) is 28.7.